The molecule has 0 aromatic heterocycles. The summed E-state index contributed by atoms with van der Waals surface area (Å²) in [5, 5.41) is 3.25. The van der Waals surface area contributed by atoms with Crippen LogP contribution in [-0.4, -0.2) is 34.0 Å². The summed E-state index contributed by atoms with van der Waals surface area (Å²) in [6, 6.07) is 3.72. The number of hydrogen-bond acceptors (Lipinski definition) is 5. The topological polar surface area (TPSA) is 65.7 Å². The quantitative estimate of drug-likeness (QED) is 0.741. The Kier molecular flexibility index (Phi) is 4.90. The maximum Gasteiger partial charge on any atom is 0.162 e. The highest BCUT2D eigenvalue weighted by molar-refractivity contribution is 5.72. The molecule has 1 rings (SSSR count). The third-order valence-corrected chi connectivity index (χ3v) is 2.37. The van der Waals surface area contributed by atoms with Crippen molar-refractivity contribution in [2.24, 2.45) is 0 Å². The van der Waals surface area contributed by atoms with Crippen LogP contribution in [0.2, 0.25) is 0 Å². The molecule has 0 amide bonds. The molecule has 0 aliphatic heterocycles. The van der Waals surface area contributed by atoms with Gasteiger partial charge in [-0.15, -0.1) is 0 Å². The molecule has 0 radical (unpaired) electrons. The highest BCUT2D eigenvalue weighted by Crippen LogP contribution is 2.34. The molecule has 5 nitrogen and oxygen atoms in total. The van der Waals surface area contributed by atoms with Crippen LogP contribution in [0.1, 0.15) is 6.92 Å². The lowest BCUT2D eigenvalue weighted by atomic mass is 10.2. The number of rotatable bonds is 6. The molecule has 1 aromatic carbocycles. The highest BCUT2D eigenvalue weighted by Gasteiger charge is 2.10. The van der Waals surface area contributed by atoms with E-state index >= 15 is 0 Å². The summed E-state index contributed by atoms with van der Waals surface area (Å²) in [6.45, 7) is 2.62. The van der Waals surface area contributed by atoms with E-state index in [1.165, 1.54) is 0 Å². The van der Waals surface area contributed by atoms with Crippen LogP contribution < -0.4 is 20.5 Å². The summed E-state index contributed by atoms with van der Waals surface area (Å²) >= 11 is 0. The molecule has 17 heavy (non-hydrogen) atoms. The predicted molar refractivity (Wildman–Crippen MR) is 68.9 cm³/mol. The van der Waals surface area contributed by atoms with Gasteiger partial charge < -0.3 is 25.3 Å². The minimum absolute atomic E-state index is 0.167. The fraction of sp³-hybridized carbons (Fsp3) is 0.500. The van der Waals surface area contributed by atoms with Crippen LogP contribution in [0.5, 0.6) is 11.5 Å². The molecule has 0 fully saturated rings. The van der Waals surface area contributed by atoms with Gasteiger partial charge in [0.25, 0.3) is 0 Å². The molecular formula is C12H20N2O3. The Morgan fingerprint density at radius 3 is 2.29 bits per heavy atom. The molecule has 0 aliphatic rings. The molecule has 0 heterocycles. The maximum atomic E-state index is 5.93. The molecule has 0 aliphatic carbocycles. The lowest BCUT2D eigenvalue weighted by molar-refractivity contribution is 0.190. The monoisotopic (exact) mass is 240 g/mol. The summed E-state index contributed by atoms with van der Waals surface area (Å²) in [5.74, 6) is 1.27. The number of anilines is 2. The van der Waals surface area contributed by atoms with E-state index in [0.29, 0.717) is 23.8 Å². The molecule has 5 heteroatoms. The van der Waals surface area contributed by atoms with Crippen molar-refractivity contribution in [3.8, 4) is 11.5 Å². The van der Waals surface area contributed by atoms with Crippen LogP contribution >= 0.6 is 0 Å². The van der Waals surface area contributed by atoms with Crippen molar-refractivity contribution < 1.29 is 14.2 Å². The van der Waals surface area contributed by atoms with Crippen LogP contribution in [0.15, 0.2) is 12.1 Å². The second kappa shape index (κ2) is 6.20. The Balaban J connectivity index is 2.92. The zero-order chi connectivity index (χ0) is 12.8. The van der Waals surface area contributed by atoms with Crippen molar-refractivity contribution in [2.75, 3.05) is 39.0 Å². The molecule has 0 spiro atoms. The summed E-state index contributed by atoms with van der Waals surface area (Å²) in [4.78, 5) is 0. The molecule has 1 unspecified atom stereocenters. The van der Waals surface area contributed by atoms with Crippen LogP contribution in [0, 0.1) is 0 Å². The number of hydrogen-bond donors (Lipinski definition) is 2. The average molecular weight is 240 g/mol. The Morgan fingerprint density at radius 1 is 1.18 bits per heavy atom. The van der Waals surface area contributed by atoms with E-state index in [4.69, 9.17) is 19.9 Å². The van der Waals surface area contributed by atoms with E-state index in [0.717, 1.165) is 5.69 Å². The van der Waals surface area contributed by atoms with E-state index in [1.54, 1.807) is 27.4 Å². The lowest BCUT2D eigenvalue weighted by Crippen LogP contribution is -2.21. The predicted octanol–water partition coefficient (Wildman–Crippen LogP) is 1.73. The summed E-state index contributed by atoms with van der Waals surface area (Å²) < 4.78 is 15.4. The number of methoxy groups -OCH3 is 3. The number of nitrogens with two attached hydrogens (primary N) is 1. The van der Waals surface area contributed by atoms with E-state index < -0.39 is 0 Å². The van der Waals surface area contributed by atoms with E-state index in [2.05, 4.69) is 5.32 Å². The molecule has 1 atom stereocenters. The number of ether oxygens (including phenoxy) is 3. The third kappa shape index (κ3) is 3.42. The van der Waals surface area contributed by atoms with Gasteiger partial charge >= 0.3 is 0 Å². The Bertz CT molecular complexity index is 369. The van der Waals surface area contributed by atoms with E-state index in [-0.39, 0.29) is 6.04 Å². The Hall–Kier alpha value is -1.62. The zero-order valence-corrected chi connectivity index (χ0v) is 10.7. The van der Waals surface area contributed by atoms with E-state index in [9.17, 15) is 0 Å². The maximum absolute atomic E-state index is 5.93. The van der Waals surface area contributed by atoms with Gasteiger partial charge in [0, 0.05) is 25.3 Å². The smallest absolute Gasteiger partial charge is 0.162 e. The van der Waals surface area contributed by atoms with Crippen molar-refractivity contribution in [3.05, 3.63) is 12.1 Å². The minimum atomic E-state index is 0.167. The molecule has 0 bridgehead atoms. The molecule has 0 saturated carbocycles. The number of nitrogens with one attached hydrogen (secondary N) is 1. The SMILES string of the molecule is COCC(C)Nc1cc(OC)c(OC)cc1N. The zero-order valence-electron chi connectivity index (χ0n) is 10.7. The summed E-state index contributed by atoms with van der Waals surface area (Å²) in [7, 11) is 4.84. The van der Waals surface area contributed by atoms with Gasteiger partial charge in [-0.25, -0.2) is 0 Å². The van der Waals surface area contributed by atoms with Crippen molar-refractivity contribution in [2.45, 2.75) is 13.0 Å². The summed E-state index contributed by atoms with van der Waals surface area (Å²) in [6.07, 6.45) is 0. The molecular weight excluding hydrogens is 220 g/mol. The second-order valence-electron chi connectivity index (χ2n) is 3.80. The number of benzene rings is 1. The van der Waals surface area contributed by atoms with Crippen molar-refractivity contribution in [1.29, 1.82) is 0 Å². The van der Waals surface area contributed by atoms with Crippen molar-refractivity contribution in [1.82, 2.24) is 0 Å². The van der Waals surface area contributed by atoms with Crippen LogP contribution in [0.3, 0.4) is 0 Å². The minimum Gasteiger partial charge on any atom is -0.493 e. The van der Waals surface area contributed by atoms with Gasteiger partial charge in [0.2, 0.25) is 0 Å². The molecule has 0 saturated heterocycles. The van der Waals surface area contributed by atoms with Gasteiger partial charge in [0.15, 0.2) is 11.5 Å². The molecule has 3 N–H and O–H groups in total. The first kappa shape index (κ1) is 13.4. The average Bonchev–Trinajstić information content (AvgIpc) is 2.31. The van der Waals surface area contributed by atoms with Gasteiger partial charge in [-0.1, -0.05) is 0 Å². The first-order valence-corrected chi connectivity index (χ1v) is 5.39. The standard InChI is InChI=1S/C12H20N2O3/c1-8(7-15-2)14-10-6-12(17-4)11(16-3)5-9(10)13/h5-6,8,14H,7,13H2,1-4H3. The van der Waals surface area contributed by atoms with Crippen LogP contribution in [0.25, 0.3) is 0 Å². The molecule has 1 aromatic rings. The van der Waals surface area contributed by atoms with Crippen LogP contribution in [-0.2, 0) is 4.74 Å². The Labute approximate surface area is 102 Å². The largest absolute Gasteiger partial charge is 0.493 e. The normalized spacial score (nSPS) is 12.0. The first-order chi connectivity index (χ1) is 8.12. The van der Waals surface area contributed by atoms with Crippen LogP contribution in [0.4, 0.5) is 11.4 Å². The summed E-state index contributed by atoms with van der Waals surface area (Å²) in [5.41, 5.74) is 7.35. The fourth-order valence-corrected chi connectivity index (χ4v) is 1.58. The highest BCUT2D eigenvalue weighted by atomic mass is 16.5. The first-order valence-electron chi connectivity index (χ1n) is 5.39. The molecule has 96 valence electrons. The van der Waals surface area contributed by atoms with Gasteiger partial charge in [-0.3, -0.25) is 0 Å². The van der Waals surface area contributed by atoms with Crippen molar-refractivity contribution in [3.63, 3.8) is 0 Å². The fourth-order valence-electron chi connectivity index (χ4n) is 1.58. The second-order valence-corrected chi connectivity index (χ2v) is 3.80. The van der Waals surface area contributed by atoms with Gasteiger partial charge in [0.1, 0.15) is 0 Å². The van der Waals surface area contributed by atoms with Gasteiger partial charge in [-0.2, -0.15) is 0 Å². The van der Waals surface area contributed by atoms with Gasteiger partial charge in [-0.05, 0) is 6.92 Å². The van der Waals surface area contributed by atoms with E-state index in [1.807, 2.05) is 13.0 Å². The Morgan fingerprint density at radius 2 is 1.76 bits per heavy atom. The third-order valence-electron chi connectivity index (χ3n) is 2.37. The van der Waals surface area contributed by atoms with Gasteiger partial charge in [0.05, 0.1) is 32.2 Å². The lowest BCUT2D eigenvalue weighted by Gasteiger charge is -2.18. The number of nitrogen functional groups attached to an aromatic ring is 1. The van der Waals surface area contributed by atoms with Crippen molar-refractivity contribution >= 4 is 11.4 Å².